The first kappa shape index (κ1) is 14.7. The number of halogens is 1. The molecule has 20 heavy (non-hydrogen) atoms. The standard InChI is InChI=1S/C16H16BrNO2/c17-15(13-7-2-1-3-8-13)11-6-10-14-9-4-5-12-16(14)18(19)20/h1-5,7-9,12,15H,6,10-11H2. The lowest BCUT2D eigenvalue weighted by molar-refractivity contribution is -0.385. The van der Waals surface area contributed by atoms with Crippen LogP contribution >= 0.6 is 15.9 Å². The molecule has 0 aliphatic carbocycles. The summed E-state index contributed by atoms with van der Waals surface area (Å²) in [4.78, 5) is 10.9. The van der Waals surface area contributed by atoms with Gasteiger partial charge in [0.2, 0.25) is 0 Å². The molecule has 1 atom stereocenters. The summed E-state index contributed by atoms with van der Waals surface area (Å²) in [5.41, 5.74) is 2.28. The van der Waals surface area contributed by atoms with Crippen LogP contribution < -0.4 is 0 Å². The fourth-order valence-electron chi connectivity index (χ4n) is 2.20. The second-order valence-electron chi connectivity index (χ2n) is 4.66. The molecule has 2 rings (SSSR count). The lowest BCUT2D eigenvalue weighted by atomic mass is 10.0. The summed E-state index contributed by atoms with van der Waals surface area (Å²) in [5, 5.41) is 10.9. The Labute approximate surface area is 126 Å². The number of hydrogen-bond acceptors (Lipinski definition) is 2. The fraction of sp³-hybridized carbons (Fsp3) is 0.250. The smallest absolute Gasteiger partial charge is 0.258 e. The molecule has 0 aliphatic heterocycles. The van der Waals surface area contributed by atoms with Crippen LogP contribution in [0.4, 0.5) is 5.69 Å². The Hall–Kier alpha value is -1.68. The zero-order chi connectivity index (χ0) is 14.4. The molecule has 0 bridgehead atoms. The molecule has 3 nitrogen and oxygen atoms in total. The van der Waals surface area contributed by atoms with Crippen molar-refractivity contribution in [1.29, 1.82) is 0 Å². The lowest BCUT2D eigenvalue weighted by Gasteiger charge is -2.10. The number of rotatable bonds is 6. The van der Waals surface area contributed by atoms with Gasteiger partial charge in [-0.25, -0.2) is 0 Å². The largest absolute Gasteiger partial charge is 0.272 e. The number of hydrogen-bond donors (Lipinski definition) is 0. The van der Waals surface area contributed by atoms with Crippen molar-refractivity contribution in [2.24, 2.45) is 0 Å². The van der Waals surface area contributed by atoms with Crippen molar-refractivity contribution in [2.45, 2.75) is 24.1 Å². The van der Waals surface area contributed by atoms with Crippen molar-refractivity contribution in [2.75, 3.05) is 0 Å². The average molecular weight is 334 g/mol. The SMILES string of the molecule is O=[N+]([O-])c1ccccc1CCCC(Br)c1ccccc1. The maximum Gasteiger partial charge on any atom is 0.272 e. The van der Waals surface area contributed by atoms with Crippen LogP contribution in [-0.2, 0) is 6.42 Å². The summed E-state index contributed by atoms with van der Waals surface area (Å²) >= 11 is 3.67. The van der Waals surface area contributed by atoms with E-state index < -0.39 is 0 Å². The van der Waals surface area contributed by atoms with Crippen molar-refractivity contribution in [3.05, 3.63) is 75.8 Å². The van der Waals surface area contributed by atoms with Crippen molar-refractivity contribution >= 4 is 21.6 Å². The highest BCUT2D eigenvalue weighted by atomic mass is 79.9. The van der Waals surface area contributed by atoms with Gasteiger partial charge >= 0.3 is 0 Å². The van der Waals surface area contributed by atoms with E-state index in [1.807, 2.05) is 30.3 Å². The summed E-state index contributed by atoms with van der Waals surface area (Å²) in [6.07, 6.45) is 2.60. The van der Waals surface area contributed by atoms with E-state index in [2.05, 4.69) is 28.1 Å². The molecule has 0 aliphatic rings. The maximum absolute atomic E-state index is 10.9. The first-order chi connectivity index (χ1) is 9.68. The van der Waals surface area contributed by atoms with Gasteiger partial charge in [-0.2, -0.15) is 0 Å². The highest BCUT2D eigenvalue weighted by Gasteiger charge is 2.13. The Kier molecular flexibility index (Phi) is 5.30. The highest BCUT2D eigenvalue weighted by Crippen LogP contribution is 2.29. The third-order valence-electron chi connectivity index (χ3n) is 3.25. The number of aryl methyl sites for hydroxylation is 1. The van der Waals surface area contributed by atoms with E-state index >= 15 is 0 Å². The molecule has 0 N–H and O–H groups in total. The Morgan fingerprint density at radius 3 is 2.40 bits per heavy atom. The number of alkyl halides is 1. The molecular formula is C16H16BrNO2. The molecule has 0 radical (unpaired) electrons. The van der Waals surface area contributed by atoms with Crippen LogP contribution in [0.25, 0.3) is 0 Å². The molecule has 104 valence electrons. The van der Waals surface area contributed by atoms with Gasteiger partial charge in [-0.15, -0.1) is 0 Å². The summed E-state index contributed by atoms with van der Waals surface area (Å²) in [5.74, 6) is 0. The van der Waals surface area contributed by atoms with Gasteiger partial charge in [-0.1, -0.05) is 64.5 Å². The van der Waals surface area contributed by atoms with E-state index in [1.165, 1.54) is 5.56 Å². The van der Waals surface area contributed by atoms with E-state index in [4.69, 9.17) is 0 Å². The van der Waals surface area contributed by atoms with Crippen LogP contribution in [0.2, 0.25) is 0 Å². The number of nitro groups is 1. The van der Waals surface area contributed by atoms with Crippen molar-refractivity contribution in [3.8, 4) is 0 Å². The molecule has 4 heteroatoms. The second kappa shape index (κ2) is 7.20. The van der Waals surface area contributed by atoms with Crippen molar-refractivity contribution in [3.63, 3.8) is 0 Å². The highest BCUT2D eigenvalue weighted by molar-refractivity contribution is 9.09. The number of nitro benzene ring substituents is 1. The quantitative estimate of drug-likeness (QED) is 0.421. The molecule has 2 aromatic carbocycles. The summed E-state index contributed by atoms with van der Waals surface area (Å²) in [7, 11) is 0. The van der Waals surface area contributed by atoms with E-state index in [0.29, 0.717) is 4.83 Å². The van der Waals surface area contributed by atoms with Crippen LogP contribution in [-0.4, -0.2) is 4.92 Å². The normalized spacial score (nSPS) is 12.1. The second-order valence-corrected chi connectivity index (χ2v) is 5.76. The van der Waals surface area contributed by atoms with Gasteiger partial charge in [-0.05, 0) is 24.8 Å². The fourth-order valence-corrected chi connectivity index (χ4v) is 2.83. The van der Waals surface area contributed by atoms with E-state index in [0.717, 1.165) is 24.8 Å². The van der Waals surface area contributed by atoms with Gasteiger partial charge in [0.1, 0.15) is 0 Å². The summed E-state index contributed by atoms with van der Waals surface area (Å²) < 4.78 is 0. The topological polar surface area (TPSA) is 43.1 Å². The predicted molar refractivity (Wildman–Crippen MR) is 84.1 cm³/mol. The predicted octanol–water partition coefficient (Wildman–Crippen LogP) is 5.05. The molecular weight excluding hydrogens is 318 g/mol. The van der Waals surface area contributed by atoms with Crippen LogP contribution in [0.1, 0.15) is 28.8 Å². The number of nitrogens with zero attached hydrogens (tertiary/aromatic N) is 1. The van der Waals surface area contributed by atoms with E-state index in [9.17, 15) is 10.1 Å². The molecule has 0 saturated heterocycles. The molecule has 1 unspecified atom stereocenters. The van der Waals surface area contributed by atoms with Crippen LogP contribution in [0.3, 0.4) is 0 Å². The minimum absolute atomic E-state index is 0.221. The Balaban J connectivity index is 1.92. The molecule has 2 aromatic rings. The maximum atomic E-state index is 10.9. The van der Waals surface area contributed by atoms with Crippen LogP contribution in [0.5, 0.6) is 0 Å². The van der Waals surface area contributed by atoms with Crippen LogP contribution in [0.15, 0.2) is 54.6 Å². The summed E-state index contributed by atoms with van der Waals surface area (Å²) in [6, 6.07) is 17.2. The number of benzene rings is 2. The molecule has 0 aromatic heterocycles. The molecule has 0 amide bonds. The first-order valence-electron chi connectivity index (χ1n) is 6.60. The molecule has 0 fully saturated rings. The molecule has 0 spiro atoms. The number of para-hydroxylation sites is 1. The van der Waals surface area contributed by atoms with Gasteiger partial charge in [0.25, 0.3) is 5.69 Å². The van der Waals surface area contributed by atoms with Gasteiger partial charge < -0.3 is 0 Å². The molecule has 0 heterocycles. The summed E-state index contributed by atoms with van der Waals surface area (Å²) in [6.45, 7) is 0. The molecule has 0 saturated carbocycles. The zero-order valence-electron chi connectivity index (χ0n) is 11.0. The van der Waals surface area contributed by atoms with Gasteiger partial charge in [0.05, 0.1) is 4.92 Å². The van der Waals surface area contributed by atoms with Crippen molar-refractivity contribution in [1.82, 2.24) is 0 Å². The Morgan fingerprint density at radius 1 is 1.05 bits per heavy atom. The minimum atomic E-state index is -0.307. The van der Waals surface area contributed by atoms with Gasteiger partial charge in [0.15, 0.2) is 0 Å². The van der Waals surface area contributed by atoms with Gasteiger partial charge in [-0.3, -0.25) is 10.1 Å². The monoisotopic (exact) mass is 333 g/mol. The third-order valence-corrected chi connectivity index (χ3v) is 4.24. The average Bonchev–Trinajstić information content (AvgIpc) is 2.48. The lowest BCUT2D eigenvalue weighted by Crippen LogP contribution is -1.97. The zero-order valence-corrected chi connectivity index (χ0v) is 12.6. The van der Waals surface area contributed by atoms with Gasteiger partial charge in [0, 0.05) is 16.5 Å². The first-order valence-corrected chi connectivity index (χ1v) is 7.51. The van der Waals surface area contributed by atoms with Crippen LogP contribution in [0, 0.1) is 10.1 Å². The Morgan fingerprint density at radius 2 is 1.70 bits per heavy atom. The van der Waals surface area contributed by atoms with E-state index in [1.54, 1.807) is 12.1 Å². The third kappa shape index (κ3) is 3.90. The minimum Gasteiger partial charge on any atom is -0.258 e. The van der Waals surface area contributed by atoms with E-state index in [-0.39, 0.29) is 10.6 Å². The Bertz CT molecular complexity index is 572. The van der Waals surface area contributed by atoms with Crippen molar-refractivity contribution < 1.29 is 4.92 Å².